The van der Waals surface area contributed by atoms with E-state index in [1.807, 2.05) is 31.2 Å². The van der Waals surface area contributed by atoms with Gasteiger partial charge in [-0.25, -0.2) is 4.79 Å². The molecule has 0 unspecified atom stereocenters. The minimum Gasteiger partial charge on any atom is -0.340 e. The first-order valence-electron chi connectivity index (χ1n) is 6.89. The zero-order chi connectivity index (χ0) is 13.9. The van der Waals surface area contributed by atoms with Crippen molar-refractivity contribution in [3.05, 3.63) is 51.6 Å². The maximum absolute atomic E-state index is 11.7. The lowest BCUT2D eigenvalue weighted by Gasteiger charge is -2.13. The van der Waals surface area contributed by atoms with E-state index < -0.39 is 0 Å². The normalized spacial score (nSPS) is 14.4. The Morgan fingerprint density at radius 3 is 2.85 bits per heavy atom. The number of fused-ring (bicyclic) bond motifs is 1. The molecule has 1 aromatic heterocycles. The number of aromatic nitrogens is 2. The molecule has 3 N–H and O–H groups in total. The molecule has 0 aliphatic carbocycles. The molecule has 1 aliphatic heterocycles. The fourth-order valence-corrected chi connectivity index (χ4v) is 2.52. The number of benzene rings is 1. The van der Waals surface area contributed by atoms with Crippen LogP contribution in [0, 0.1) is 6.92 Å². The van der Waals surface area contributed by atoms with Gasteiger partial charge in [0.05, 0.1) is 0 Å². The Bertz CT molecular complexity index is 678. The summed E-state index contributed by atoms with van der Waals surface area (Å²) in [5.74, 6) is 0.682. The second-order valence-electron chi connectivity index (χ2n) is 5.04. The third-order valence-corrected chi connectivity index (χ3v) is 3.62. The molecule has 5 heteroatoms. The van der Waals surface area contributed by atoms with E-state index in [0.717, 1.165) is 48.4 Å². The van der Waals surface area contributed by atoms with Crippen LogP contribution in [0.25, 0.3) is 0 Å². The summed E-state index contributed by atoms with van der Waals surface area (Å²) in [5.41, 5.74) is 3.94. The Kier molecular flexibility index (Phi) is 3.52. The lowest BCUT2D eigenvalue weighted by Crippen LogP contribution is -2.18. The van der Waals surface area contributed by atoms with Crippen molar-refractivity contribution in [2.24, 2.45) is 0 Å². The zero-order valence-electron chi connectivity index (χ0n) is 11.5. The molecule has 2 aromatic rings. The molecule has 1 aromatic carbocycles. The monoisotopic (exact) mass is 270 g/mol. The third-order valence-electron chi connectivity index (χ3n) is 3.62. The fraction of sp³-hybridized carbons (Fsp3) is 0.333. The van der Waals surface area contributed by atoms with Crippen LogP contribution >= 0.6 is 0 Å². The number of H-pyrrole nitrogens is 1. The number of para-hydroxylation sites is 1. The minimum atomic E-state index is -0.290. The van der Waals surface area contributed by atoms with Crippen LogP contribution in [0.15, 0.2) is 29.1 Å². The number of aryl methyl sites for hydroxylation is 1. The van der Waals surface area contributed by atoms with Gasteiger partial charge in [-0.1, -0.05) is 18.2 Å². The summed E-state index contributed by atoms with van der Waals surface area (Å²) in [6.45, 7) is 3.83. The summed E-state index contributed by atoms with van der Waals surface area (Å²) in [5, 5.41) is 6.65. The van der Waals surface area contributed by atoms with Crippen LogP contribution in [0.1, 0.15) is 16.8 Å². The Balaban J connectivity index is 2.03. The Morgan fingerprint density at radius 1 is 1.20 bits per heavy atom. The van der Waals surface area contributed by atoms with Crippen molar-refractivity contribution in [3.63, 3.8) is 0 Å². The van der Waals surface area contributed by atoms with Gasteiger partial charge in [-0.2, -0.15) is 4.98 Å². The van der Waals surface area contributed by atoms with Gasteiger partial charge < -0.3 is 15.6 Å². The van der Waals surface area contributed by atoms with Crippen LogP contribution < -0.4 is 16.3 Å². The Morgan fingerprint density at radius 2 is 2.00 bits per heavy atom. The summed E-state index contributed by atoms with van der Waals surface area (Å²) in [6.07, 6.45) is 1.70. The number of aromatic amines is 1. The molecule has 0 fully saturated rings. The van der Waals surface area contributed by atoms with Crippen LogP contribution in [0.4, 0.5) is 11.5 Å². The Hall–Kier alpha value is -2.14. The average Bonchev–Trinajstić information content (AvgIpc) is 2.66. The van der Waals surface area contributed by atoms with Crippen molar-refractivity contribution in [2.45, 2.75) is 19.8 Å². The van der Waals surface area contributed by atoms with E-state index in [1.165, 1.54) is 0 Å². The highest BCUT2D eigenvalue weighted by Gasteiger charge is 2.15. The molecule has 20 heavy (non-hydrogen) atoms. The lowest BCUT2D eigenvalue weighted by atomic mass is 10.1. The van der Waals surface area contributed by atoms with Crippen molar-refractivity contribution in [2.75, 3.05) is 18.4 Å². The average molecular weight is 270 g/mol. The molecule has 0 saturated carbocycles. The smallest absolute Gasteiger partial charge is 0.340 e. The second-order valence-corrected chi connectivity index (χ2v) is 5.04. The van der Waals surface area contributed by atoms with Gasteiger partial charge in [-0.15, -0.1) is 0 Å². The predicted molar refractivity (Wildman–Crippen MR) is 79.6 cm³/mol. The topological polar surface area (TPSA) is 69.8 Å². The number of anilines is 2. The van der Waals surface area contributed by atoms with Gasteiger partial charge in [0.25, 0.3) is 0 Å². The van der Waals surface area contributed by atoms with Gasteiger partial charge in [0.2, 0.25) is 0 Å². The molecule has 2 heterocycles. The Labute approximate surface area is 117 Å². The molecule has 0 amide bonds. The maximum atomic E-state index is 11.7. The first-order valence-corrected chi connectivity index (χ1v) is 6.89. The summed E-state index contributed by atoms with van der Waals surface area (Å²) in [7, 11) is 0. The minimum absolute atomic E-state index is 0.290. The van der Waals surface area contributed by atoms with Gasteiger partial charge in [0.1, 0.15) is 5.82 Å². The van der Waals surface area contributed by atoms with Gasteiger partial charge in [0.15, 0.2) is 0 Å². The van der Waals surface area contributed by atoms with E-state index >= 15 is 0 Å². The number of hydrogen-bond donors (Lipinski definition) is 3. The highest BCUT2D eigenvalue weighted by atomic mass is 16.1. The van der Waals surface area contributed by atoms with E-state index in [4.69, 9.17) is 0 Å². The van der Waals surface area contributed by atoms with Crippen LogP contribution in [0.2, 0.25) is 0 Å². The van der Waals surface area contributed by atoms with E-state index in [1.54, 1.807) is 0 Å². The van der Waals surface area contributed by atoms with Gasteiger partial charge >= 0.3 is 5.69 Å². The first kappa shape index (κ1) is 12.9. The summed E-state index contributed by atoms with van der Waals surface area (Å²) in [4.78, 5) is 18.7. The molecule has 104 valence electrons. The highest BCUT2D eigenvalue weighted by Crippen LogP contribution is 2.23. The van der Waals surface area contributed by atoms with Crippen LogP contribution in [-0.2, 0) is 12.8 Å². The SMILES string of the molecule is Cc1ccccc1Nc1nc(=O)[nH]c2c1CCNCC2. The van der Waals surface area contributed by atoms with E-state index in [2.05, 4.69) is 20.6 Å². The molecule has 0 saturated heterocycles. The fourth-order valence-electron chi connectivity index (χ4n) is 2.52. The summed E-state index contributed by atoms with van der Waals surface area (Å²) < 4.78 is 0. The molecule has 1 aliphatic rings. The largest absolute Gasteiger partial charge is 0.347 e. The molecule has 0 spiro atoms. The number of hydrogen-bond acceptors (Lipinski definition) is 4. The quantitative estimate of drug-likeness (QED) is 0.773. The van der Waals surface area contributed by atoms with Crippen LogP contribution in [0.3, 0.4) is 0 Å². The molecular formula is C15H18N4O. The lowest BCUT2D eigenvalue weighted by molar-refractivity contribution is 0.708. The number of rotatable bonds is 2. The standard InChI is InChI=1S/C15H18N4O/c1-10-4-2-3-5-12(10)17-14-11-6-8-16-9-7-13(11)18-15(20)19-14/h2-5,16H,6-9H2,1H3,(H2,17,18,19,20). The van der Waals surface area contributed by atoms with E-state index in [0.29, 0.717) is 5.82 Å². The van der Waals surface area contributed by atoms with Crippen LogP contribution in [-0.4, -0.2) is 23.1 Å². The van der Waals surface area contributed by atoms with Gasteiger partial charge in [-0.05, 0) is 31.5 Å². The van der Waals surface area contributed by atoms with Crippen molar-refractivity contribution < 1.29 is 0 Å². The predicted octanol–water partition coefficient (Wildman–Crippen LogP) is 1.51. The second kappa shape index (κ2) is 5.46. The first-order chi connectivity index (χ1) is 9.74. The van der Waals surface area contributed by atoms with Gasteiger partial charge in [0, 0.05) is 29.9 Å². The van der Waals surface area contributed by atoms with Crippen molar-refractivity contribution >= 4 is 11.5 Å². The molecule has 3 rings (SSSR count). The van der Waals surface area contributed by atoms with E-state index in [-0.39, 0.29) is 5.69 Å². The summed E-state index contributed by atoms with van der Waals surface area (Å²) in [6, 6.07) is 8.01. The van der Waals surface area contributed by atoms with Crippen molar-refractivity contribution in [1.29, 1.82) is 0 Å². The number of nitrogens with zero attached hydrogens (tertiary/aromatic N) is 1. The molecular weight excluding hydrogens is 252 g/mol. The third kappa shape index (κ3) is 2.58. The molecule has 5 nitrogen and oxygen atoms in total. The highest BCUT2D eigenvalue weighted by molar-refractivity contribution is 5.63. The number of nitrogens with one attached hydrogen (secondary N) is 3. The summed E-state index contributed by atoms with van der Waals surface area (Å²) >= 11 is 0. The zero-order valence-corrected chi connectivity index (χ0v) is 11.5. The maximum Gasteiger partial charge on any atom is 0.347 e. The molecule has 0 bridgehead atoms. The molecule has 0 atom stereocenters. The van der Waals surface area contributed by atoms with Crippen molar-refractivity contribution in [3.8, 4) is 0 Å². The van der Waals surface area contributed by atoms with E-state index in [9.17, 15) is 4.79 Å². The van der Waals surface area contributed by atoms with Gasteiger partial charge in [-0.3, -0.25) is 0 Å². The molecule has 0 radical (unpaired) electrons. The van der Waals surface area contributed by atoms with Crippen LogP contribution in [0.5, 0.6) is 0 Å². The van der Waals surface area contributed by atoms with Crippen molar-refractivity contribution in [1.82, 2.24) is 15.3 Å².